The Kier molecular flexibility index (Phi) is 6.87. The lowest BCUT2D eigenvalue weighted by molar-refractivity contribution is -0.142. The number of carbonyl (C=O) groups is 2. The van der Waals surface area contributed by atoms with Gasteiger partial charge in [-0.2, -0.15) is 0 Å². The highest BCUT2D eigenvalue weighted by Gasteiger charge is 2.30. The van der Waals surface area contributed by atoms with Gasteiger partial charge < -0.3 is 14.4 Å². The zero-order valence-electron chi connectivity index (χ0n) is 13.1. The first-order valence-electron chi connectivity index (χ1n) is 6.65. The van der Waals surface area contributed by atoms with E-state index in [1.807, 2.05) is 34.6 Å². The first kappa shape index (κ1) is 17.7. The number of carbonyl (C=O) groups excluding carboxylic acids is 2. The van der Waals surface area contributed by atoms with E-state index in [9.17, 15) is 9.59 Å². The van der Waals surface area contributed by atoms with Crippen molar-refractivity contribution in [1.82, 2.24) is 4.90 Å². The Bertz CT molecular complexity index is 309. The van der Waals surface area contributed by atoms with Crippen molar-refractivity contribution in [3.8, 4) is 0 Å². The molecule has 0 spiro atoms. The SMILES string of the molecule is CCC(C)[C@@H](CC(=O)OC)N(C)C(=O)OC(C)(C)C. The van der Waals surface area contributed by atoms with Crippen molar-refractivity contribution in [3.05, 3.63) is 0 Å². The molecular formula is C14H27NO4. The van der Waals surface area contributed by atoms with E-state index in [1.54, 1.807) is 7.05 Å². The Labute approximate surface area is 116 Å². The van der Waals surface area contributed by atoms with Crippen molar-refractivity contribution in [2.45, 2.75) is 59.1 Å². The summed E-state index contributed by atoms with van der Waals surface area (Å²) >= 11 is 0. The van der Waals surface area contributed by atoms with Gasteiger partial charge in [0.1, 0.15) is 5.60 Å². The van der Waals surface area contributed by atoms with Crippen molar-refractivity contribution in [2.75, 3.05) is 14.2 Å². The summed E-state index contributed by atoms with van der Waals surface area (Å²) in [6.07, 6.45) is 0.637. The molecule has 0 aliphatic carbocycles. The second-order valence-corrected chi connectivity index (χ2v) is 5.82. The van der Waals surface area contributed by atoms with E-state index in [0.717, 1.165) is 6.42 Å². The molecule has 112 valence electrons. The molecule has 0 aromatic rings. The minimum Gasteiger partial charge on any atom is -0.469 e. The summed E-state index contributed by atoms with van der Waals surface area (Å²) in [6, 6.07) is -0.215. The predicted molar refractivity (Wildman–Crippen MR) is 73.9 cm³/mol. The zero-order valence-corrected chi connectivity index (χ0v) is 13.1. The maximum Gasteiger partial charge on any atom is 0.410 e. The quantitative estimate of drug-likeness (QED) is 0.723. The van der Waals surface area contributed by atoms with Gasteiger partial charge in [-0.05, 0) is 26.7 Å². The highest BCUT2D eigenvalue weighted by Crippen LogP contribution is 2.20. The Morgan fingerprint density at radius 1 is 1.26 bits per heavy atom. The highest BCUT2D eigenvalue weighted by molar-refractivity contribution is 5.72. The molecule has 0 aliphatic heterocycles. The molecule has 1 unspecified atom stereocenters. The van der Waals surface area contributed by atoms with Crippen LogP contribution in [0.1, 0.15) is 47.5 Å². The van der Waals surface area contributed by atoms with E-state index < -0.39 is 11.7 Å². The molecule has 2 atom stereocenters. The summed E-state index contributed by atoms with van der Waals surface area (Å²) in [4.78, 5) is 25.0. The van der Waals surface area contributed by atoms with Gasteiger partial charge in [-0.25, -0.2) is 4.79 Å². The van der Waals surface area contributed by atoms with Gasteiger partial charge in [-0.3, -0.25) is 4.79 Å². The number of hydrogen-bond donors (Lipinski definition) is 0. The number of hydrogen-bond acceptors (Lipinski definition) is 4. The van der Waals surface area contributed by atoms with Gasteiger partial charge >= 0.3 is 12.1 Å². The van der Waals surface area contributed by atoms with Gasteiger partial charge in [0.15, 0.2) is 0 Å². The second kappa shape index (κ2) is 7.36. The molecule has 0 saturated heterocycles. The first-order chi connectivity index (χ1) is 8.62. The van der Waals surface area contributed by atoms with Gasteiger partial charge in [-0.15, -0.1) is 0 Å². The van der Waals surface area contributed by atoms with Crippen molar-refractivity contribution in [3.63, 3.8) is 0 Å². The molecule has 0 aromatic carbocycles. The van der Waals surface area contributed by atoms with Crippen LogP contribution in [-0.4, -0.2) is 42.8 Å². The third-order valence-electron chi connectivity index (χ3n) is 3.08. The molecule has 0 fully saturated rings. The molecule has 0 aromatic heterocycles. The van der Waals surface area contributed by atoms with Crippen LogP contribution < -0.4 is 0 Å². The first-order valence-corrected chi connectivity index (χ1v) is 6.65. The molecule has 5 heteroatoms. The fraction of sp³-hybridized carbons (Fsp3) is 0.857. The molecule has 19 heavy (non-hydrogen) atoms. The van der Waals surface area contributed by atoms with Crippen molar-refractivity contribution in [2.24, 2.45) is 5.92 Å². The molecule has 0 N–H and O–H groups in total. The Hall–Kier alpha value is -1.26. The molecule has 0 aliphatic rings. The van der Waals surface area contributed by atoms with Crippen LogP contribution in [0.15, 0.2) is 0 Å². The summed E-state index contributed by atoms with van der Waals surface area (Å²) in [7, 11) is 3.01. The van der Waals surface area contributed by atoms with E-state index in [2.05, 4.69) is 4.74 Å². The molecule has 0 rings (SSSR count). The average Bonchev–Trinajstić information content (AvgIpc) is 2.31. The molecule has 5 nitrogen and oxygen atoms in total. The van der Waals surface area contributed by atoms with Gasteiger partial charge in [-0.1, -0.05) is 20.3 Å². The molecule has 1 amide bonds. The van der Waals surface area contributed by atoms with E-state index in [4.69, 9.17) is 4.74 Å². The number of nitrogens with zero attached hydrogens (tertiary/aromatic N) is 1. The monoisotopic (exact) mass is 273 g/mol. The smallest absolute Gasteiger partial charge is 0.410 e. The van der Waals surface area contributed by atoms with Crippen LogP contribution in [0.25, 0.3) is 0 Å². The maximum absolute atomic E-state index is 12.0. The number of ether oxygens (including phenoxy) is 2. The highest BCUT2D eigenvalue weighted by atomic mass is 16.6. The predicted octanol–water partition coefficient (Wildman–Crippen LogP) is 2.83. The van der Waals surface area contributed by atoms with E-state index in [-0.39, 0.29) is 24.3 Å². The Morgan fingerprint density at radius 3 is 2.16 bits per heavy atom. The lowest BCUT2D eigenvalue weighted by Crippen LogP contribution is -2.44. The summed E-state index contributed by atoms with van der Waals surface area (Å²) in [6.45, 7) is 9.48. The van der Waals surface area contributed by atoms with Crippen LogP contribution >= 0.6 is 0 Å². The van der Waals surface area contributed by atoms with Gasteiger partial charge in [0, 0.05) is 13.1 Å². The number of amides is 1. The lowest BCUT2D eigenvalue weighted by atomic mass is 9.95. The number of methoxy groups -OCH3 is 1. The van der Waals surface area contributed by atoms with E-state index >= 15 is 0 Å². The largest absolute Gasteiger partial charge is 0.469 e. The average molecular weight is 273 g/mol. The van der Waals surface area contributed by atoms with Gasteiger partial charge in [0.2, 0.25) is 0 Å². The second-order valence-electron chi connectivity index (χ2n) is 5.82. The Morgan fingerprint density at radius 2 is 1.79 bits per heavy atom. The molecule has 0 bridgehead atoms. The van der Waals surface area contributed by atoms with Crippen LogP contribution in [0.3, 0.4) is 0 Å². The summed E-state index contributed by atoms with van der Waals surface area (Å²) in [5, 5.41) is 0. The molecule has 0 radical (unpaired) electrons. The van der Waals surface area contributed by atoms with Crippen molar-refractivity contribution < 1.29 is 19.1 Å². The van der Waals surface area contributed by atoms with Crippen molar-refractivity contribution in [1.29, 1.82) is 0 Å². The van der Waals surface area contributed by atoms with E-state index in [0.29, 0.717) is 0 Å². The summed E-state index contributed by atoms with van der Waals surface area (Å²) in [5.74, 6) is -0.127. The zero-order chi connectivity index (χ0) is 15.2. The minimum atomic E-state index is -0.545. The van der Waals surface area contributed by atoms with Crippen LogP contribution in [-0.2, 0) is 14.3 Å². The summed E-state index contributed by atoms with van der Waals surface area (Å²) < 4.78 is 10.0. The lowest BCUT2D eigenvalue weighted by Gasteiger charge is -2.33. The Balaban J connectivity index is 4.84. The third-order valence-corrected chi connectivity index (χ3v) is 3.08. The van der Waals surface area contributed by atoms with Crippen molar-refractivity contribution >= 4 is 12.1 Å². The number of rotatable bonds is 5. The van der Waals surface area contributed by atoms with Crippen LogP contribution in [0.4, 0.5) is 4.79 Å². The van der Waals surface area contributed by atoms with Crippen LogP contribution in [0.2, 0.25) is 0 Å². The fourth-order valence-corrected chi connectivity index (χ4v) is 1.72. The normalized spacial score (nSPS) is 14.5. The van der Waals surface area contributed by atoms with Gasteiger partial charge in [0.05, 0.1) is 13.5 Å². The van der Waals surface area contributed by atoms with Crippen LogP contribution in [0.5, 0.6) is 0 Å². The fourth-order valence-electron chi connectivity index (χ4n) is 1.72. The standard InChI is InChI=1S/C14H27NO4/c1-8-10(2)11(9-12(16)18-7)15(6)13(17)19-14(3,4)5/h10-11H,8-9H2,1-7H3/t10?,11-/m1/s1. The number of esters is 1. The third kappa shape index (κ3) is 6.45. The minimum absolute atomic E-state index is 0.182. The van der Waals surface area contributed by atoms with E-state index in [1.165, 1.54) is 12.0 Å². The molecule has 0 heterocycles. The molecule has 0 saturated carbocycles. The molecular weight excluding hydrogens is 246 g/mol. The summed E-state index contributed by atoms with van der Waals surface area (Å²) in [5.41, 5.74) is -0.545. The van der Waals surface area contributed by atoms with Gasteiger partial charge in [0.25, 0.3) is 0 Å². The van der Waals surface area contributed by atoms with Crippen LogP contribution in [0, 0.1) is 5.92 Å². The topological polar surface area (TPSA) is 55.8 Å². The maximum atomic E-state index is 12.0.